The van der Waals surface area contributed by atoms with Gasteiger partial charge in [0.05, 0.1) is 11.3 Å². The van der Waals surface area contributed by atoms with Gasteiger partial charge < -0.3 is 21.1 Å². The molecule has 2 aromatic heterocycles. The summed E-state index contributed by atoms with van der Waals surface area (Å²) in [6.07, 6.45) is 4.88. The van der Waals surface area contributed by atoms with E-state index in [2.05, 4.69) is 39.3 Å². The van der Waals surface area contributed by atoms with Crippen LogP contribution in [-0.4, -0.2) is 27.1 Å². The predicted molar refractivity (Wildman–Crippen MR) is 152 cm³/mol. The van der Waals surface area contributed by atoms with Gasteiger partial charge in [-0.25, -0.2) is 9.78 Å². The molecule has 0 saturated carbocycles. The number of H-pyrrole nitrogens is 1. The van der Waals surface area contributed by atoms with Gasteiger partial charge in [0.2, 0.25) is 0 Å². The number of aromatic amines is 1. The molecular weight excluding hydrogens is 492 g/mol. The SMILES string of the molecule is Nc1nc2c(s1)CC(NCc1ccc(C#Cc3cccc(C(=O)O)c3-c3ccc4cc[nH]c4c3)cc1)CC2. The molecule has 5 aromatic rings. The first-order valence-electron chi connectivity index (χ1n) is 12.6. The third-order valence-corrected chi connectivity index (χ3v) is 7.93. The van der Waals surface area contributed by atoms with E-state index in [4.69, 9.17) is 5.73 Å². The van der Waals surface area contributed by atoms with Gasteiger partial charge >= 0.3 is 5.97 Å². The summed E-state index contributed by atoms with van der Waals surface area (Å²) >= 11 is 1.60. The standard InChI is InChI=1S/C31H26N4O2S/c32-31-35-26-13-12-24(17-28(26)38-31)34-18-20-6-4-19(5-7-20)8-9-22-2-1-3-25(30(36)37)29(22)23-11-10-21-14-15-33-27(21)16-23/h1-7,10-11,14-16,24,33-34H,12-13,17-18H2,(H2,32,35)(H,36,37). The van der Waals surface area contributed by atoms with E-state index < -0.39 is 5.97 Å². The number of carboxylic acids is 1. The van der Waals surface area contributed by atoms with Gasteiger partial charge in [-0.2, -0.15) is 0 Å². The number of carbonyl (C=O) groups is 1. The molecule has 0 radical (unpaired) electrons. The Hall–Kier alpha value is -4.38. The Bertz CT molecular complexity index is 1710. The van der Waals surface area contributed by atoms with E-state index in [0.717, 1.165) is 53.5 Å². The summed E-state index contributed by atoms with van der Waals surface area (Å²) < 4.78 is 0. The zero-order valence-corrected chi connectivity index (χ0v) is 21.4. The lowest BCUT2D eigenvalue weighted by Gasteiger charge is -2.22. The number of rotatable bonds is 5. The fourth-order valence-corrected chi connectivity index (χ4v) is 5.98. The van der Waals surface area contributed by atoms with Gasteiger partial charge in [0.15, 0.2) is 5.13 Å². The van der Waals surface area contributed by atoms with Crippen molar-refractivity contribution in [2.45, 2.75) is 31.8 Å². The van der Waals surface area contributed by atoms with E-state index in [0.29, 0.717) is 22.3 Å². The Labute approximate surface area is 224 Å². The van der Waals surface area contributed by atoms with Crippen LogP contribution in [0.5, 0.6) is 0 Å². The molecular formula is C31H26N4O2S. The van der Waals surface area contributed by atoms with Crippen molar-refractivity contribution in [3.8, 4) is 23.0 Å². The van der Waals surface area contributed by atoms with Crippen LogP contribution in [0, 0.1) is 11.8 Å². The third kappa shape index (κ3) is 4.92. The number of nitrogens with two attached hydrogens (primary N) is 1. The van der Waals surface area contributed by atoms with Gasteiger partial charge in [0, 0.05) is 45.9 Å². The number of anilines is 1. The molecule has 0 spiro atoms. The highest BCUT2D eigenvalue weighted by Crippen LogP contribution is 2.31. The molecule has 188 valence electrons. The van der Waals surface area contributed by atoms with E-state index in [1.807, 2.05) is 48.7 Å². The number of fused-ring (bicyclic) bond motifs is 2. The van der Waals surface area contributed by atoms with Gasteiger partial charge in [-0.1, -0.05) is 42.2 Å². The second kappa shape index (κ2) is 10.2. The van der Waals surface area contributed by atoms with Crippen molar-refractivity contribution < 1.29 is 9.90 Å². The molecule has 1 unspecified atom stereocenters. The first-order chi connectivity index (χ1) is 18.5. The van der Waals surface area contributed by atoms with Crippen molar-refractivity contribution in [1.82, 2.24) is 15.3 Å². The zero-order valence-electron chi connectivity index (χ0n) is 20.6. The molecule has 0 saturated heterocycles. The maximum absolute atomic E-state index is 12.0. The molecule has 1 atom stereocenters. The van der Waals surface area contributed by atoms with Crippen molar-refractivity contribution in [2.24, 2.45) is 0 Å². The Morgan fingerprint density at radius 1 is 1.13 bits per heavy atom. The second-order valence-electron chi connectivity index (χ2n) is 9.50. The van der Waals surface area contributed by atoms with Crippen LogP contribution >= 0.6 is 11.3 Å². The first kappa shape index (κ1) is 24.0. The summed E-state index contributed by atoms with van der Waals surface area (Å²) in [4.78, 5) is 21.0. The number of hydrogen-bond donors (Lipinski definition) is 4. The molecule has 0 bridgehead atoms. The third-order valence-electron chi connectivity index (χ3n) is 6.99. The Balaban J connectivity index is 1.20. The summed E-state index contributed by atoms with van der Waals surface area (Å²) in [6.45, 7) is 0.786. The average molecular weight is 519 g/mol. The van der Waals surface area contributed by atoms with E-state index in [-0.39, 0.29) is 5.56 Å². The van der Waals surface area contributed by atoms with Crippen molar-refractivity contribution in [3.05, 3.63) is 106 Å². The van der Waals surface area contributed by atoms with Crippen LogP contribution < -0.4 is 11.1 Å². The smallest absolute Gasteiger partial charge is 0.336 e. The molecule has 6 rings (SSSR count). The van der Waals surface area contributed by atoms with E-state index in [9.17, 15) is 9.90 Å². The highest BCUT2D eigenvalue weighted by atomic mass is 32.1. The summed E-state index contributed by atoms with van der Waals surface area (Å²) in [6, 6.07) is 21.8. The number of aromatic carboxylic acids is 1. The molecule has 1 aliphatic carbocycles. The Morgan fingerprint density at radius 3 is 2.84 bits per heavy atom. The van der Waals surface area contributed by atoms with Crippen molar-refractivity contribution in [1.29, 1.82) is 0 Å². The van der Waals surface area contributed by atoms with Crippen LogP contribution in [0.25, 0.3) is 22.0 Å². The minimum absolute atomic E-state index is 0.236. The van der Waals surface area contributed by atoms with Crippen molar-refractivity contribution >= 4 is 33.3 Å². The minimum Gasteiger partial charge on any atom is -0.478 e. The van der Waals surface area contributed by atoms with Crippen LogP contribution in [0.4, 0.5) is 5.13 Å². The topological polar surface area (TPSA) is 104 Å². The molecule has 6 nitrogen and oxygen atoms in total. The van der Waals surface area contributed by atoms with Gasteiger partial charge in [0.1, 0.15) is 0 Å². The number of aromatic nitrogens is 2. The molecule has 5 N–H and O–H groups in total. The molecule has 0 amide bonds. The Morgan fingerprint density at radius 2 is 2.00 bits per heavy atom. The number of nitrogens with one attached hydrogen (secondary N) is 2. The van der Waals surface area contributed by atoms with E-state index in [1.165, 1.54) is 10.4 Å². The van der Waals surface area contributed by atoms with Crippen LogP contribution in [0.15, 0.2) is 72.9 Å². The molecule has 1 aliphatic rings. The van der Waals surface area contributed by atoms with Gasteiger partial charge in [-0.3, -0.25) is 0 Å². The normalized spacial score (nSPS) is 14.6. The number of aryl methyl sites for hydroxylation is 1. The number of thiazole rings is 1. The highest BCUT2D eigenvalue weighted by molar-refractivity contribution is 7.15. The quantitative estimate of drug-likeness (QED) is 0.226. The average Bonchev–Trinajstić information content (AvgIpc) is 3.55. The van der Waals surface area contributed by atoms with Gasteiger partial charge in [-0.05, 0) is 72.2 Å². The molecule has 7 heteroatoms. The lowest BCUT2D eigenvalue weighted by Crippen LogP contribution is -2.33. The summed E-state index contributed by atoms with van der Waals surface area (Å²) in [5.74, 6) is 5.48. The number of nitrogen functional groups attached to an aromatic ring is 1. The first-order valence-corrected chi connectivity index (χ1v) is 13.4. The van der Waals surface area contributed by atoms with E-state index >= 15 is 0 Å². The van der Waals surface area contributed by atoms with Crippen LogP contribution in [0.2, 0.25) is 0 Å². The number of carboxylic acid groups (broad SMARTS) is 1. The molecule has 2 heterocycles. The van der Waals surface area contributed by atoms with Crippen LogP contribution in [0.3, 0.4) is 0 Å². The molecule has 3 aromatic carbocycles. The van der Waals surface area contributed by atoms with Gasteiger partial charge in [0.25, 0.3) is 0 Å². The highest BCUT2D eigenvalue weighted by Gasteiger charge is 2.21. The maximum atomic E-state index is 12.0. The van der Waals surface area contributed by atoms with Crippen LogP contribution in [0.1, 0.15) is 44.0 Å². The Kier molecular flexibility index (Phi) is 6.42. The number of benzene rings is 3. The maximum Gasteiger partial charge on any atom is 0.336 e. The molecule has 38 heavy (non-hydrogen) atoms. The zero-order chi connectivity index (χ0) is 26.1. The molecule has 0 fully saturated rings. The van der Waals surface area contributed by atoms with Crippen LogP contribution in [-0.2, 0) is 19.4 Å². The second-order valence-corrected chi connectivity index (χ2v) is 10.6. The lowest BCUT2D eigenvalue weighted by atomic mass is 9.93. The largest absolute Gasteiger partial charge is 0.478 e. The van der Waals surface area contributed by atoms with E-state index in [1.54, 1.807) is 23.5 Å². The predicted octanol–water partition coefficient (Wildman–Crippen LogP) is 5.62. The number of nitrogens with zero attached hydrogens (tertiary/aromatic N) is 1. The molecule has 0 aliphatic heterocycles. The lowest BCUT2D eigenvalue weighted by molar-refractivity contribution is 0.0697. The van der Waals surface area contributed by atoms with Crippen molar-refractivity contribution in [2.75, 3.05) is 5.73 Å². The van der Waals surface area contributed by atoms with Crippen molar-refractivity contribution in [3.63, 3.8) is 0 Å². The summed E-state index contributed by atoms with van der Waals surface area (Å²) in [7, 11) is 0. The number of hydrogen-bond acceptors (Lipinski definition) is 5. The summed E-state index contributed by atoms with van der Waals surface area (Å²) in [5.41, 5.74) is 12.4. The minimum atomic E-state index is -0.972. The van der Waals surface area contributed by atoms with Gasteiger partial charge in [-0.15, -0.1) is 11.3 Å². The monoisotopic (exact) mass is 518 g/mol. The fourth-order valence-electron chi connectivity index (χ4n) is 5.03. The summed E-state index contributed by atoms with van der Waals surface area (Å²) in [5, 5.41) is 15.3. The fraction of sp³-hybridized carbons (Fsp3) is 0.161.